The second-order valence-electron chi connectivity index (χ2n) is 7.88. The van der Waals surface area contributed by atoms with Crippen LogP contribution in [-0.4, -0.2) is 52.5 Å². The van der Waals surface area contributed by atoms with Crippen molar-refractivity contribution in [1.82, 2.24) is 25.7 Å². The minimum Gasteiger partial charge on any atom is -0.343 e. The third-order valence-electron chi connectivity index (χ3n) is 5.54. The zero-order valence-electron chi connectivity index (χ0n) is 16.4. The molecule has 3 rings (SSSR count). The molecule has 2 amide bonds. The van der Waals surface area contributed by atoms with Gasteiger partial charge in [-0.3, -0.25) is 9.59 Å². The number of nitrogens with zero attached hydrogens (tertiary/aromatic N) is 3. The molecule has 1 aromatic rings. The molecule has 27 heavy (non-hydrogen) atoms. The number of rotatable bonds is 5. The van der Waals surface area contributed by atoms with Crippen LogP contribution >= 0.6 is 0 Å². The predicted molar refractivity (Wildman–Crippen MR) is 99.9 cm³/mol. The average Bonchev–Trinajstić information content (AvgIpc) is 3.00. The fourth-order valence-corrected chi connectivity index (χ4v) is 4.16. The van der Waals surface area contributed by atoms with Crippen molar-refractivity contribution < 1.29 is 14.1 Å². The predicted octanol–water partition coefficient (Wildman–Crippen LogP) is 1.51. The third-order valence-corrected chi connectivity index (χ3v) is 5.54. The van der Waals surface area contributed by atoms with Gasteiger partial charge in [-0.1, -0.05) is 30.8 Å². The number of carbonyl (C=O) groups is 2. The Labute approximate surface area is 160 Å². The maximum absolute atomic E-state index is 12.4. The van der Waals surface area contributed by atoms with E-state index in [4.69, 9.17) is 4.52 Å². The molecule has 0 spiro atoms. The van der Waals surface area contributed by atoms with Crippen molar-refractivity contribution in [2.75, 3.05) is 19.6 Å². The van der Waals surface area contributed by atoms with Crippen molar-refractivity contribution in [3.8, 4) is 0 Å². The minimum absolute atomic E-state index is 0.0775. The smallest absolute Gasteiger partial charge is 0.227 e. The molecular weight excluding hydrogens is 346 g/mol. The van der Waals surface area contributed by atoms with Gasteiger partial charge in [0.05, 0.1) is 0 Å². The molecule has 150 valence electrons. The fraction of sp³-hybridized carbons (Fsp3) is 0.789. The molecule has 2 N–H and O–H groups in total. The van der Waals surface area contributed by atoms with Gasteiger partial charge in [-0.15, -0.1) is 0 Å². The Bertz CT molecular complexity index is 652. The van der Waals surface area contributed by atoms with Crippen molar-refractivity contribution in [3.05, 3.63) is 11.7 Å². The van der Waals surface area contributed by atoms with Gasteiger partial charge in [0.25, 0.3) is 0 Å². The van der Waals surface area contributed by atoms with Gasteiger partial charge in [0.1, 0.15) is 5.54 Å². The van der Waals surface area contributed by atoms with Crippen molar-refractivity contribution in [3.63, 3.8) is 0 Å². The molecule has 1 saturated heterocycles. The van der Waals surface area contributed by atoms with Gasteiger partial charge in [0, 0.05) is 45.4 Å². The van der Waals surface area contributed by atoms with Crippen LogP contribution in [0.5, 0.6) is 0 Å². The highest BCUT2D eigenvalue weighted by atomic mass is 16.5. The van der Waals surface area contributed by atoms with Gasteiger partial charge >= 0.3 is 0 Å². The van der Waals surface area contributed by atoms with E-state index < -0.39 is 5.54 Å². The summed E-state index contributed by atoms with van der Waals surface area (Å²) in [5, 5.41) is 10.6. The van der Waals surface area contributed by atoms with E-state index in [1.807, 2.05) is 4.90 Å². The van der Waals surface area contributed by atoms with Crippen molar-refractivity contribution in [2.45, 2.75) is 76.8 Å². The lowest BCUT2D eigenvalue weighted by Gasteiger charge is -2.31. The van der Waals surface area contributed by atoms with Gasteiger partial charge in [0.2, 0.25) is 17.7 Å². The zero-order valence-corrected chi connectivity index (χ0v) is 16.4. The fourth-order valence-electron chi connectivity index (χ4n) is 4.16. The lowest BCUT2D eigenvalue weighted by molar-refractivity contribution is -0.132. The number of piperazine rings is 1. The molecule has 0 aromatic carbocycles. The van der Waals surface area contributed by atoms with Crippen molar-refractivity contribution in [1.29, 1.82) is 0 Å². The van der Waals surface area contributed by atoms with E-state index in [0.29, 0.717) is 30.6 Å². The molecule has 1 aliphatic heterocycles. The zero-order chi connectivity index (χ0) is 19.3. The van der Waals surface area contributed by atoms with Crippen LogP contribution in [0.15, 0.2) is 4.52 Å². The molecule has 1 aliphatic carbocycles. The summed E-state index contributed by atoms with van der Waals surface area (Å²) in [6.45, 7) is 5.92. The highest BCUT2D eigenvalue weighted by molar-refractivity contribution is 5.76. The second kappa shape index (κ2) is 8.82. The largest absolute Gasteiger partial charge is 0.343 e. The molecule has 2 heterocycles. The number of aryl methyl sites for hydroxylation is 1. The normalized spacial score (nSPS) is 22.9. The summed E-state index contributed by atoms with van der Waals surface area (Å²) in [5.41, 5.74) is -0.540. The van der Waals surface area contributed by atoms with Crippen LogP contribution in [0.3, 0.4) is 0 Å². The minimum atomic E-state index is -0.540. The maximum atomic E-state index is 12.4. The Balaban J connectivity index is 1.63. The summed E-state index contributed by atoms with van der Waals surface area (Å²) in [6.07, 6.45) is 6.81. The number of nitrogens with one attached hydrogen (secondary N) is 2. The second-order valence-corrected chi connectivity index (χ2v) is 7.88. The highest BCUT2D eigenvalue weighted by Crippen LogP contribution is 2.34. The Kier molecular flexibility index (Phi) is 6.46. The highest BCUT2D eigenvalue weighted by Gasteiger charge is 2.38. The first-order valence-corrected chi connectivity index (χ1v) is 10.1. The van der Waals surface area contributed by atoms with Crippen LogP contribution in [0.4, 0.5) is 0 Å². The average molecular weight is 377 g/mol. The number of carbonyl (C=O) groups excluding carboxylic acids is 2. The van der Waals surface area contributed by atoms with Crippen LogP contribution in [-0.2, 0) is 21.5 Å². The number of hydrogen-bond acceptors (Lipinski definition) is 6. The maximum Gasteiger partial charge on any atom is 0.227 e. The van der Waals surface area contributed by atoms with Crippen molar-refractivity contribution >= 4 is 11.8 Å². The van der Waals surface area contributed by atoms with Gasteiger partial charge in [-0.25, -0.2) is 0 Å². The summed E-state index contributed by atoms with van der Waals surface area (Å²) in [5.74, 6) is 1.06. The van der Waals surface area contributed by atoms with Gasteiger partial charge in [-0.05, 0) is 19.8 Å². The van der Waals surface area contributed by atoms with E-state index in [1.165, 1.54) is 6.92 Å². The molecule has 2 aliphatic rings. The molecule has 8 nitrogen and oxygen atoms in total. The monoisotopic (exact) mass is 377 g/mol. The summed E-state index contributed by atoms with van der Waals surface area (Å²) in [4.78, 5) is 30.7. The van der Waals surface area contributed by atoms with E-state index in [-0.39, 0.29) is 11.8 Å². The topological polar surface area (TPSA) is 100 Å². The molecule has 8 heteroatoms. The number of aromatic nitrogens is 2. The Hall–Kier alpha value is -1.96. The molecule has 0 unspecified atom stereocenters. The lowest BCUT2D eigenvalue weighted by Crippen LogP contribution is -2.51. The number of amides is 2. The SMILES string of the molecule is CC(=O)NC1(c2noc(CCC(=O)N3CCN[C@H](C)C3)n2)CCCCCC1. The standard InChI is InChI=1S/C19H31N5O3/c1-14-13-24(12-11-20-14)17(26)8-7-16-21-18(23-27-16)19(22-15(2)25)9-5-3-4-6-10-19/h14,20H,3-13H2,1-2H3,(H,22,25)/t14-/m1/s1. The van der Waals surface area contributed by atoms with Gasteiger partial charge in [0.15, 0.2) is 5.82 Å². The Morgan fingerprint density at radius 3 is 2.70 bits per heavy atom. The van der Waals surface area contributed by atoms with E-state index in [9.17, 15) is 9.59 Å². The van der Waals surface area contributed by atoms with Gasteiger partial charge < -0.3 is 20.1 Å². The summed E-state index contributed by atoms with van der Waals surface area (Å²) >= 11 is 0. The first-order valence-electron chi connectivity index (χ1n) is 10.1. The van der Waals surface area contributed by atoms with Gasteiger partial charge in [-0.2, -0.15) is 4.98 Å². The van der Waals surface area contributed by atoms with Crippen LogP contribution in [0.1, 0.15) is 70.5 Å². The van der Waals surface area contributed by atoms with Crippen LogP contribution < -0.4 is 10.6 Å². The molecule has 2 fully saturated rings. The first kappa shape index (κ1) is 19.8. The van der Waals surface area contributed by atoms with E-state index in [0.717, 1.165) is 58.2 Å². The quantitative estimate of drug-likeness (QED) is 0.755. The molecular formula is C19H31N5O3. The molecule has 1 atom stereocenters. The van der Waals surface area contributed by atoms with Crippen molar-refractivity contribution in [2.24, 2.45) is 0 Å². The molecule has 1 aromatic heterocycles. The lowest BCUT2D eigenvalue weighted by atomic mass is 9.89. The van der Waals surface area contributed by atoms with Crippen LogP contribution in [0.2, 0.25) is 0 Å². The first-order chi connectivity index (χ1) is 13.0. The Morgan fingerprint density at radius 2 is 2.04 bits per heavy atom. The Morgan fingerprint density at radius 1 is 1.30 bits per heavy atom. The van der Waals surface area contributed by atoms with E-state index in [1.54, 1.807) is 0 Å². The summed E-state index contributed by atoms with van der Waals surface area (Å²) in [6, 6.07) is 0.324. The van der Waals surface area contributed by atoms with Crippen LogP contribution in [0, 0.1) is 0 Å². The van der Waals surface area contributed by atoms with E-state index >= 15 is 0 Å². The molecule has 0 bridgehead atoms. The van der Waals surface area contributed by atoms with Crippen LogP contribution in [0.25, 0.3) is 0 Å². The number of hydrogen-bond donors (Lipinski definition) is 2. The van der Waals surface area contributed by atoms with E-state index in [2.05, 4.69) is 27.7 Å². The molecule has 0 radical (unpaired) electrons. The summed E-state index contributed by atoms with van der Waals surface area (Å²) in [7, 11) is 0. The summed E-state index contributed by atoms with van der Waals surface area (Å²) < 4.78 is 5.43. The third kappa shape index (κ3) is 5.06. The molecule has 1 saturated carbocycles.